The highest BCUT2D eigenvalue weighted by Crippen LogP contribution is 2.79. The maximum atomic E-state index is 13.6. The van der Waals surface area contributed by atoms with Crippen molar-refractivity contribution in [1.82, 2.24) is 0 Å². The molecule has 3 atom stereocenters. The Bertz CT molecular complexity index is 1410. The number of carbonyl (C=O) groups excluding carboxylic acids is 1. The number of anilines is 2. The minimum atomic E-state index is -1.83. The molecule has 1 aliphatic carbocycles. The number of allylic oxidation sites excluding steroid dienone is 2. The normalized spacial score (nSPS) is 27.1. The van der Waals surface area contributed by atoms with E-state index in [1.54, 1.807) is 6.26 Å². The maximum Gasteiger partial charge on any atom is 0.172 e. The van der Waals surface area contributed by atoms with E-state index >= 15 is 0 Å². The van der Waals surface area contributed by atoms with Gasteiger partial charge >= 0.3 is 0 Å². The van der Waals surface area contributed by atoms with E-state index in [2.05, 4.69) is 122 Å². The molecule has 1 spiro atoms. The van der Waals surface area contributed by atoms with Gasteiger partial charge in [0.25, 0.3) is 0 Å². The van der Waals surface area contributed by atoms with E-state index in [1.165, 1.54) is 15.4 Å². The number of rotatable bonds is 6. The predicted molar refractivity (Wildman–Crippen MR) is 154 cm³/mol. The third-order valence-electron chi connectivity index (χ3n) is 7.84. The van der Waals surface area contributed by atoms with E-state index in [1.807, 2.05) is 12.1 Å². The number of nitrogens with zero attached hydrogens (tertiary/aromatic N) is 2. The van der Waals surface area contributed by atoms with Crippen LogP contribution in [0.5, 0.6) is 0 Å². The Morgan fingerprint density at radius 2 is 1.51 bits per heavy atom. The zero-order valence-corrected chi connectivity index (χ0v) is 22.3. The molecule has 2 heterocycles. The first-order chi connectivity index (χ1) is 18.0. The lowest BCUT2D eigenvalue weighted by molar-refractivity contribution is -0.113. The van der Waals surface area contributed by atoms with Gasteiger partial charge in [0, 0.05) is 44.8 Å². The van der Waals surface area contributed by atoms with Crippen LogP contribution < -0.4 is 9.80 Å². The molecule has 0 N–H and O–H groups in total. The fourth-order valence-corrected chi connectivity index (χ4v) is 10.7. The smallest absolute Gasteiger partial charge is 0.172 e. The van der Waals surface area contributed by atoms with Crippen molar-refractivity contribution in [2.45, 2.75) is 27.2 Å². The highest BCUT2D eigenvalue weighted by molar-refractivity contribution is 8.36. The average molecular weight is 509 g/mol. The Hall–Kier alpha value is -3.70. The Labute approximate surface area is 220 Å². The second-order valence-corrected chi connectivity index (χ2v) is 13.5. The van der Waals surface area contributed by atoms with Gasteiger partial charge in [-0.1, -0.05) is 48.6 Å². The van der Waals surface area contributed by atoms with Crippen molar-refractivity contribution in [3.63, 3.8) is 0 Å². The van der Waals surface area contributed by atoms with Crippen LogP contribution in [0, 0.1) is 0 Å². The number of hydrogen-bond acceptors (Lipinski definition) is 4. The molecular formula is C32H32N2O2S. The quantitative estimate of drug-likeness (QED) is 0.389. The third-order valence-corrected chi connectivity index (χ3v) is 12.4. The third kappa shape index (κ3) is 3.56. The van der Waals surface area contributed by atoms with Crippen molar-refractivity contribution in [3.8, 4) is 0 Å². The largest absolute Gasteiger partial charge is 0.491 e. The van der Waals surface area contributed by atoms with Crippen molar-refractivity contribution in [1.29, 1.82) is 0 Å². The van der Waals surface area contributed by atoms with E-state index in [0.717, 1.165) is 23.5 Å². The summed E-state index contributed by atoms with van der Waals surface area (Å²) in [6, 6.07) is 28.2. The van der Waals surface area contributed by atoms with Crippen LogP contribution in [0.2, 0.25) is 0 Å². The Morgan fingerprint density at radius 1 is 0.865 bits per heavy atom. The molecule has 3 aliphatic rings. The Kier molecular flexibility index (Phi) is 5.76. The minimum absolute atomic E-state index is 0.178. The van der Waals surface area contributed by atoms with E-state index in [-0.39, 0.29) is 11.9 Å². The van der Waals surface area contributed by atoms with Crippen LogP contribution in [-0.4, -0.2) is 43.5 Å². The molecular weight excluding hydrogens is 476 g/mol. The van der Waals surface area contributed by atoms with Gasteiger partial charge in [0.2, 0.25) is 0 Å². The highest BCUT2D eigenvalue weighted by atomic mass is 32.3. The summed E-state index contributed by atoms with van der Waals surface area (Å²) in [5.41, 5.74) is 4.39. The summed E-state index contributed by atoms with van der Waals surface area (Å²) in [5.74, 6) is 0.691. The first kappa shape index (κ1) is 23.7. The molecule has 0 saturated carbocycles. The first-order valence-corrected chi connectivity index (χ1v) is 14.4. The molecule has 1 fully saturated rings. The van der Waals surface area contributed by atoms with E-state index < -0.39 is 14.8 Å². The van der Waals surface area contributed by atoms with Crippen molar-refractivity contribution >= 4 is 27.2 Å². The van der Waals surface area contributed by atoms with Crippen molar-refractivity contribution < 1.29 is 9.53 Å². The lowest BCUT2D eigenvalue weighted by Crippen LogP contribution is -2.41. The van der Waals surface area contributed by atoms with Crippen molar-refractivity contribution in [3.05, 3.63) is 121 Å². The molecule has 2 aliphatic heterocycles. The van der Waals surface area contributed by atoms with Gasteiger partial charge < -0.3 is 14.5 Å². The van der Waals surface area contributed by atoms with Crippen LogP contribution in [0.15, 0.2) is 125 Å². The molecule has 37 heavy (non-hydrogen) atoms. The van der Waals surface area contributed by atoms with Gasteiger partial charge in [-0.3, -0.25) is 4.79 Å². The summed E-state index contributed by atoms with van der Waals surface area (Å²) in [5, 5.41) is 0. The zero-order chi connectivity index (χ0) is 25.6. The molecule has 6 rings (SSSR count). The number of ether oxygens (including phenoxy) is 1. The van der Waals surface area contributed by atoms with Gasteiger partial charge in [-0.25, -0.2) is 0 Å². The van der Waals surface area contributed by atoms with Crippen molar-refractivity contribution in [2.24, 2.45) is 0 Å². The zero-order valence-electron chi connectivity index (χ0n) is 21.5. The van der Waals surface area contributed by atoms with Gasteiger partial charge in [-0.05, 0) is 70.0 Å². The fraction of sp³-hybridized carbons (Fsp3) is 0.219. The summed E-state index contributed by atoms with van der Waals surface area (Å²) < 4.78 is 5.67. The number of benzene rings is 3. The summed E-state index contributed by atoms with van der Waals surface area (Å²) in [4.78, 5) is 20.4. The van der Waals surface area contributed by atoms with E-state index in [4.69, 9.17) is 4.74 Å². The summed E-state index contributed by atoms with van der Waals surface area (Å²) >= 11 is 0. The average Bonchev–Trinajstić information content (AvgIpc) is 3.43. The van der Waals surface area contributed by atoms with Crippen LogP contribution in [0.4, 0.5) is 11.4 Å². The summed E-state index contributed by atoms with van der Waals surface area (Å²) in [6.45, 7) is 0.836. The van der Waals surface area contributed by atoms with Crippen LogP contribution in [0.3, 0.4) is 0 Å². The van der Waals surface area contributed by atoms with Gasteiger partial charge in [0.05, 0.1) is 16.6 Å². The highest BCUT2D eigenvalue weighted by Gasteiger charge is 2.65. The molecule has 0 bridgehead atoms. The Morgan fingerprint density at radius 3 is 2.16 bits per heavy atom. The fourth-order valence-electron chi connectivity index (χ4n) is 5.95. The van der Waals surface area contributed by atoms with Crippen molar-refractivity contribution in [2.75, 3.05) is 36.7 Å². The van der Waals surface area contributed by atoms with Gasteiger partial charge in [0.15, 0.2) is 5.78 Å². The molecule has 1 saturated heterocycles. The molecule has 3 unspecified atom stereocenters. The van der Waals surface area contributed by atoms with Gasteiger partial charge in [0.1, 0.15) is 6.10 Å². The molecule has 5 heteroatoms. The second kappa shape index (κ2) is 9.00. The summed E-state index contributed by atoms with van der Waals surface area (Å²) in [6.07, 6.45) is 10.0. The van der Waals surface area contributed by atoms with Gasteiger partial charge in [-0.2, -0.15) is 10.0 Å². The molecule has 4 nitrogen and oxygen atoms in total. The first-order valence-electron chi connectivity index (χ1n) is 12.6. The molecule has 0 radical (unpaired) electrons. The Balaban J connectivity index is 1.47. The van der Waals surface area contributed by atoms with Crippen LogP contribution in [0.25, 0.3) is 0 Å². The van der Waals surface area contributed by atoms with E-state index in [0.29, 0.717) is 5.75 Å². The van der Waals surface area contributed by atoms with Crippen LogP contribution in [-0.2, 0) is 16.1 Å². The standard InChI is InChI=1S/C32H32N2O2S/c1-33(2)25-12-16-27(17-13-25)37(23-30(35)29-22-36-31-11-7-8-20-32(29,31)37)28-18-14-26(15-19-28)34(3)21-24-9-5-4-6-10-24/h4-20,22,31H,21,23H2,1-3H3. The number of Topliss-reactive ketones (excluding diaryl/α,β-unsaturated/α-hetero) is 1. The lowest BCUT2D eigenvalue weighted by Gasteiger charge is -2.50. The van der Waals surface area contributed by atoms with Crippen LogP contribution in [0.1, 0.15) is 5.56 Å². The molecule has 0 aromatic heterocycles. The number of ketones is 1. The molecule has 3 aromatic carbocycles. The number of carbonyl (C=O) groups is 1. The second-order valence-electron chi connectivity index (χ2n) is 10.2. The lowest BCUT2D eigenvalue weighted by atomic mass is 9.89. The molecule has 0 amide bonds. The van der Waals surface area contributed by atoms with Crippen LogP contribution >= 0.6 is 10.0 Å². The maximum absolute atomic E-state index is 13.6. The minimum Gasteiger partial charge on any atom is -0.491 e. The van der Waals surface area contributed by atoms with E-state index in [9.17, 15) is 4.79 Å². The topological polar surface area (TPSA) is 32.8 Å². The van der Waals surface area contributed by atoms with Gasteiger partial charge in [-0.15, -0.1) is 0 Å². The predicted octanol–water partition coefficient (Wildman–Crippen LogP) is 6.34. The SMILES string of the molecule is CN(C)c1ccc(S2(c3ccc(N(C)Cc4ccccc4)cc3)CC(=O)C3=COC4C=CC=CC342)cc1. The number of hydrogen-bond donors (Lipinski definition) is 0. The molecule has 3 aromatic rings. The molecule has 188 valence electrons. The monoisotopic (exact) mass is 508 g/mol. The summed E-state index contributed by atoms with van der Waals surface area (Å²) in [7, 11) is 4.40.